The van der Waals surface area contributed by atoms with Crippen LogP contribution in [0.25, 0.3) is 10.9 Å². The van der Waals surface area contributed by atoms with Crippen molar-refractivity contribution in [1.29, 1.82) is 5.41 Å². The van der Waals surface area contributed by atoms with Crippen molar-refractivity contribution >= 4 is 38.4 Å². The van der Waals surface area contributed by atoms with Crippen molar-refractivity contribution in [1.82, 2.24) is 19.6 Å². The number of nitrogens with one attached hydrogen (secondary N) is 3. The lowest BCUT2D eigenvalue weighted by Gasteiger charge is -2.46. The highest BCUT2D eigenvalue weighted by molar-refractivity contribution is 7.90. The number of nitrogens with zero attached hydrogens (tertiary/aromatic N) is 3. The molecule has 3 heterocycles. The Kier molecular flexibility index (Phi) is 4.93. The molecule has 1 fully saturated rings. The molecule has 9 nitrogen and oxygen atoms in total. The minimum absolute atomic E-state index is 0.117. The van der Waals surface area contributed by atoms with Gasteiger partial charge in [-0.1, -0.05) is 6.07 Å². The molecule has 172 valence electrons. The topological polar surface area (TPSA) is 120 Å². The fourth-order valence-electron chi connectivity index (χ4n) is 4.91. The average Bonchev–Trinajstić information content (AvgIpc) is 2.94. The summed E-state index contributed by atoms with van der Waals surface area (Å²) in [6, 6.07) is 9.75. The smallest absolute Gasteiger partial charge is 0.242 e. The zero-order valence-corrected chi connectivity index (χ0v) is 19.5. The number of aromatic nitrogens is 2. The van der Waals surface area contributed by atoms with Crippen LogP contribution in [0.3, 0.4) is 0 Å². The lowest BCUT2D eigenvalue weighted by Crippen LogP contribution is -2.65. The van der Waals surface area contributed by atoms with Crippen molar-refractivity contribution in [3.8, 4) is 5.75 Å². The van der Waals surface area contributed by atoms with Crippen LogP contribution in [-0.4, -0.2) is 48.1 Å². The highest BCUT2D eigenvalue weighted by Gasteiger charge is 2.52. The van der Waals surface area contributed by atoms with Crippen molar-refractivity contribution in [2.24, 2.45) is 0 Å². The highest BCUT2D eigenvalue weighted by atomic mass is 32.2. The maximum Gasteiger partial charge on any atom is 0.242 e. The molecule has 2 atom stereocenters. The number of sulfonamides is 1. The van der Waals surface area contributed by atoms with Gasteiger partial charge in [0.15, 0.2) is 5.82 Å². The van der Waals surface area contributed by atoms with E-state index in [0.717, 1.165) is 39.3 Å². The van der Waals surface area contributed by atoms with Crippen molar-refractivity contribution in [2.45, 2.75) is 37.0 Å². The Bertz CT molecular complexity index is 1380. The summed E-state index contributed by atoms with van der Waals surface area (Å²) >= 11 is 0. The number of hydrogen-bond acceptors (Lipinski definition) is 7. The zero-order chi connectivity index (χ0) is 23.4. The third kappa shape index (κ3) is 3.36. The number of aryl methyl sites for hydroxylation is 1. The summed E-state index contributed by atoms with van der Waals surface area (Å²) in [7, 11) is -0.618. The van der Waals surface area contributed by atoms with E-state index in [1.165, 1.54) is 7.05 Å². The monoisotopic (exact) mass is 466 g/mol. The van der Waals surface area contributed by atoms with Gasteiger partial charge in [0.25, 0.3) is 0 Å². The number of pyridine rings is 2. The van der Waals surface area contributed by atoms with Crippen LogP contribution in [0.1, 0.15) is 30.9 Å². The Morgan fingerprint density at radius 1 is 1.27 bits per heavy atom. The predicted octanol–water partition coefficient (Wildman–Crippen LogP) is 3.10. The van der Waals surface area contributed by atoms with Crippen molar-refractivity contribution in [3.05, 3.63) is 53.9 Å². The van der Waals surface area contributed by atoms with Gasteiger partial charge in [-0.2, -0.15) is 0 Å². The molecule has 1 unspecified atom stereocenters. The van der Waals surface area contributed by atoms with Crippen molar-refractivity contribution < 1.29 is 13.2 Å². The normalized spacial score (nSPS) is 23.8. The van der Waals surface area contributed by atoms with Crippen LogP contribution in [0, 0.1) is 5.41 Å². The Hall–Kier alpha value is -3.40. The number of hydrogen-bond donors (Lipinski definition) is 3. The molecular weight excluding hydrogens is 440 g/mol. The molecule has 2 aromatic heterocycles. The summed E-state index contributed by atoms with van der Waals surface area (Å²) in [5.41, 5.74) is 2.53. The van der Waals surface area contributed by atoms with Gasteiger partial charge in [-0.15, -0.1) is 0 Å². The maximum absolute atomic E-state index is 13.2. The Morgan fingerprint density at radius 2 is 2.09 bits per heavy atom. The van der Waals surface area contributed by atoms with Gasteiger partial charge in [0.1, 0.15) is 16.5 Å². The van der Waals surface area contributed by atoms with E-state index in [4.69, 9.17) is 10.1 Å². The van der Waals surface area contributed by atoms with Gasteiger partial charge in [-0.25, -0.2) is 22.7 Å². The third-order valence-corrected chi connectivity index (χ3v) is 9.10. The molecule has 0 bridgehead atoms. The molecule has 5 rings (SSSR count). The van der Waals surface area contributed by atoms with Gasteiger partial charge in [-0.3, -0.25) is 5.41 Å². The van der Waals surface area contributed by atoms with E-state index in [9.17, 15) is 8.42 Å². The minimum atomic E-state index is -3.65. The van der Waals surface area contributed by atoms with Gasteiger partial charge < -0.3 is 15.4 Å². The summed E-state index contributed by atoms with van der Waals surface area (Å²) in [5, 5.41) is 15.0. The average molecular weight is 467 g/mol. The summed E-state index contributed by atoms with van der Waals surface area (Å²) in [6.07, 6.45) is 5.43. The number of anilines is 2. The Morgan fingerprint density at radius 3 is 2.88 bits per heavy atom. The molecule has 33 heavy (non-hydrogen) atoms. The summed E-state index contributed by atoms with van der Waals surface area (Å²) < 4.78 is 32.7. The summed E-state index contributed by atoms with van der Waals surface area (Å²) in [4.78, 5) is 8.96. The molecule has 1 aromatic carbocycles. The second kappa shape index (κ2) is 7.58. The molecule has 2 aliphatic rings. The van der Waals surface area contributed by atoms with E-state index in [1.54, 1.807) is 19.5 Å². The van der Waals surface area contributed by atoms with Crippen LogP contribution in [-0.2, 0) is 22.0 Å². The second-order valence-electron chi connectivity index (χ2n) is 8.67. The second-order valence-corrected chi connectivity index (χ2v) is 10.8. The lowest BCUT2D eigenvalue weighted by molar-refractivity contribution is 0.345. The molecular formula is C23H26N6O3S. The highest BCUT2D eigenvalue weighted by Crippen LogP contribution is 2.42. The Labute approximate surface area is 192 Å². The number of fused-ring (bicyclic) bond motifs is 4. The van der Waals surface area contributed by atoms with Gasteiger partial charge in [0, 0.05) is 24.3 Å². The largest absolute Gasteiger partial charge is 0.495 e. The Balaban J connectivity index is 1.58. The minimum Gasteiger partial charge on any atom is -0.495 e. The van der Waals surface area contributed by atoms with E-state index < -0.39 is 20.8 Å². The lowest BCUT2D eigenvalue weighted by atomic mass is 9.85. The molecule has 1 aliphatic heterocycles. The zero-order valence-electron chi connectivity index (χ0n) is 18.7. The number of guanidine groups is 1. The van der Waals surface area contributed by atoms with E-state index in [-0.39, 0.29) is 5.96 Å². The van der Waals surface area contributed by atoms with Crippen LogP contribution >= 0.6 is 0 Å². The number of ether oxygens (including phenoxy) is 1. The third-order valence-electron chi connectivity index (χ3n) is 6.73. The maximum atomic E-state index is 13.2. The molecule has 0 radical (unpaired) electrons. The molecule has 1 saturated heterocycles. The van der Waals surface area contributed by atoms with Crippen molar-refractivity contribution in [3.63, 3.8) is 0 Å². The SMILES string of the molecule is COc1cnc2c(Nc3ccc4c(c3)[C@@]3(C)NC(=N)N(C)S(=O)(=O)C3CCC4)nccc2c1. The van der Waals surface area contributed by atoms with Crippen LogP contribution in [0.15, 0.2) is 42.7 Å². The molecule has 0 amide bonds. The van der Waals surface area contributed by atoms with E-state index in [0.29, 0.717) is 23.5 Å². The van der Waals surface area contributed by atoms with Crippen LogP contribution < -0.4 is 15.4 Å². The number of benzene rings is 1. The summed E-state index contributed by atoms with van der Waals surface area (Å²) in [6.45, 7) is 1.88. The fourth-order valence-corrected chi connectivity index (χ4v) is 6.84. The van der Waals surface area contributed by atoms with E-state index in [2.05, 4.69) is 20.6 Å². The van der Waals surface area contributed by atoms with Crippen LogP contribution in [0.5, 0.6) is 5.75 Å². The van der Waals surface area contributed by atoms with E-state index in [1.807, 2.05) is 37.3 Å². The molecule has 10 heteroatoms. The fraction of sp³-hybridized carbons (Fsp3) is 0.348. The van der Waals surface area contributed by atoms with Crippen molar-refractivity contribution in [2.75, 3.05) is 19.5 Å². The molecule has 0 saturated carbocycles. The summed E-state index contributed by atoms with van der Waals surface area (Å²) in [5.74, 6) is 1.15. The molecule has 3 aromatic rings. The van der Waals surface area contributed by atoms with Gasteiger partial charge in [-0.05, 0) is 61.6 Å². The standard InChI is InChI=1S/C23H26N6O3S/c1-23-18-12-16(27-21-20-15(9-10-25-21)11-17(32-3)13-26-20)8-7-14(18)5-4-6-19(23)33(30,31)29(2)22(24)28-23/h7-13,19H,4-6H2,1-3H3,(H2,24,28)(H,25,27)/t19?,23-/m1/s1. The number of rotatable bonds is 3. The van der Waals surface area contributed by atoms with Gasteiger partial charge >= 0.3 is 0 Å². The molecule has 3 N–H and O–H groups in total. The van der Waals surface area contributed by atoms with Crippen LogP contribution in [0.4, 0.5) is 11.5 Å². The first-order valence-electron chi connectivity index (χ1n) is 10.8. The number of methoxy groups -OCH3 is 1. The van der Waals surface area contributed by atoms with E-state index >= 15 is 0 Å². The quantitative estimate of drug-likeness (QED) is 0.542. The first-order chi connectivity index (χ1) is 15.7. The van der Waals surface area contributed by atoms with Crippen LogP contribution in [0.2, 0.25) is 0 Å². The van der Waals surface area contributed by atoms with Gasteiger partial charge in [0.2, 0.25) is 16.0 Å². The first-order valence-corrected chi connectivity index (χ1v) is 12.3. The first kappa shape index (κ1) is 21.4. The molecule has 1 aliphatic carbocycles. The van der Waals surface area contributed by atoms with Gasteiger partial charge in [0.05, 0.1) is 18.8 Å². The molecule has 0 spiro atoms. The predicted molar refractivity (Wildman–Crippen MR) is 127 cm³/mol.